The van der Waals surface area contributed by atoms with Crippen molar-refractivity contribution in [2.24, 2.45) is 0 Å². The number of likely N-dealkylation sites (tertiary alicyclic amines) is 1. The fraction of sp³-hybridized carbons (Fsp3) is 0.464. The van der Waals surface area contributed by atoms with Gasteiger partial charge in [-0.1, -0.05) is 37.8 Å². The first-order valence-corrected chi connectivity index (χ1v) is 12.3. The highest BCUT2D eigenvalue weighted by Gasteiger charge is 2.51. The summed E-state index contributed by atoms with van der Waals surface area (Å²) in [6.07, 6.45) is 3.93. The van der Waals surface area contributed by atoms with E-state index in [4.69, 9.17) is 4.74 Å². The number of nitrogens with zero attached hydrogens (tertiary/aromatic N) is 2. The lowest BCUT2D eigenvalue weighted by atomic mass is 9.86. The first-order valence-electron chi connectivity index (χ1n) is 12.3. The minimum Gasteiger partial charge on any atom is -0.436 e. The van der Waals surface area contributed by atoms with E-state index in [1.54, 1.807) is 4.90 Å². The molecule has 4 rings (SSSR count). The van der Waals surface area contributed by atoms with E-state index in [-0.39, 0.29) is 29.7 Å². The third-order valence-corrected chi connectivity index (χ3v) is 7.50. The van der Waals surface area contributed by atoms with Crippen LogP contribution >= 0.6 is 0 Å². The molecule has 2 saturated heterocycles. The SMILES string of the molecule is C=C1N(C(C)CC)C(=O)OC12CCN(CCCC(c1ccc(F)cc1)c1ccc(F)cc1)CC2. The van der Waals surface area contributed by atoms with Crippen LogP contribution in [0.15, 0.2) is 60.8 Å². The molecule has 1 amide bonds. The Morgan fingerprint density at radius 3 is 2.03 bits per heavy atom. The number of hydrogen-bond acceptors (Lipinski definition) is 3. The summed E-state index contributed by atoms with van der Waals surface area (Å²) >= 11 is 0. The largest absolute Gasteiger partial charge is 0.436 e. The second-order valence-electron chi connectivity index (χ2n) is 9.58. The lowest BCUT2D eigenvalue weighted by molar-refractivity contribution is 0.0143. The molecule has 1 spiro atoms. The van der Waals surface area contributed by atoms with Crippen molar-refractivity contribution in [3.05, 3.63) is 83.6 Å². The highest BCUT2D eigenvalue weighted by molar-refractivity contribution is 5.75. The van der Waals surface area contributed by atoms with Crippen LogP contribution in [0.3, 0.4) is 0 Å². The summed E-state index contributed by atoms with van der Waals surface area (Å²) < 4.78 is 32.8. The van der Waals surface area contributed by atoms with Gasteiger partial charge in [0.15, 0.2) is 5.60 Å². The highest BCUT2D eigenvalue weighted by Crippen LogP contribution is 2.42. The van der Waals surface area contributed by atoms with Crippen LogP contribution in [0.2, 0.25) is 0 Å². The van der Waals surface area contributed by atoms with E-state index < -0.39 is 5.60 Å². The lowest BCUT2D eigenvalue weighted by Gasteiger charge is -2.38. The van der Waals surface area contributed by atoms with Gasteiger partial charge in [-0.2, -0.15) is 0 Å². The molecule has 0 saturated carbocycles. The molecule has 2 fully saturated rings. The Balaban J connectivity index is 1.35. The van der Waals surface area contributed by atoms with Gasteiger partial charge in [-0.3, -0.25) is 4.90 Å². The summed E-state index contributed by atoms with van der Waals surface area (Å²) in [6.45, 7) is 10.9. The van der Waals surface area contributed by atoms with E-state index >= 15 is 0 Å². The second kappa shape index (κ2) is 10.3. The highest BCUT2D eigenvalue weighted by atomic mass is 19.1. The summed E-state index contributed by atoms with van der Waals surface area (Å²) in [5.74, 6) is -0.438. The topological polar surface area (TPSA) is 32.8 Å². The summed E-state index contributed by atoms with van der Waals surface area (Å²) in [5.41, 5.74) is 2.30. The maximum Gasteiger partial charge on any atom is 0.415 e. The van der Waals surface area contributed by atoms with Crippen molar-refractivity contribution in [1.29, 1.82) is 0 Å². The third kappa shape index (κ3) is 5.02. The van der Waals surface area contributed by atoms with Gasteiger partial charge in [0.25, 0.3) is 0 Å². The van der Waals surface area contributed by atoms with E-state index in [2.05, 4.69) is 18.4 Å². The molecule has 2 aromatic rings. The van der Waals surface area contributed by atoms with Gasteiger partial charge in [0.2, 0.25) is 0 Å². The van der Waals surface area contributed by atoms with Crippen LogP contribution in [0.1, 0.15) is 63.0 Å². The molecular formula is C28H34F2N2O2. The van der Waals surface area contributed by atoms with Gasteiger partial charge in [0.1, 0.15) is 11.6 Å². The standard InChI is InChI=1S/C28H34F2N2O2/c1-4-20(2)32-21(3)28(34-27(32)33)15-18-31(19-16-28)17-5-6-26(22-7-11-24(29)12-8-22)23-9-13-25(30)14-10-23/h7-14,20,26H,3-6,15-19H2,1-2H3. The molecule has 0 aromatic heterocycles. The van der Waals surface area contributed by atoms with Crippen molar-refractivity contribution in [3.63, 3.8) is 0 Å². The molecule has 34 heavy (non-hydrogen) atoms. The average molecular weight is 469 g/mol. The van der Waals surface area contributed by atoms with Crippen LogP contribution in [-0.4, -0.2) is 47.2 Å². The molecular weight excluding hydrogens is 434 g/mol. The van der Waals surface area contributed by atoms with E-state index in [9.17, 15) is 13.6 Å². The number of benzene rings is 2. The molecule has 0 radical (unpaired) electrons. The van der Waals surface area contributed by atoms with E-state index in [0.29, 0.717) is 0 Å². The van der Waals surface area contributed by atoms with Gasteiger partial charge in [0.05, 0.1) is 5.70 Å². The van der Waals surface area contributed by atoms with Crippen molar-refractivity contribution in [2.75, 3.05) is 19.6 Å². The molecule has 1 atom stereocenters. The Bertz CT molecular complexity index is 953. The molecule has 2 aliphatic heterocycles. The normalized spacial score (nSPS) is 19.1. The van der Waals surface area contributed by atoms with Crippen molar-refractivity contribution < 1.29 is 18.3 Å². The Hall–Kier alpha value is -2.73. The number of amides is 1. The predicted octanol–water partition coefficient (Wildman–Crippen LogP) is 6.48. The number of piperidine rings is 1. The Morgan fingerprint density at radius 1 is 1.00 bits per heavy atom. The predicted molar refractivity (Wildman–Crippen MR) is 129 cm³/mol. The number of carbonyl (C=O) groups excluding carboxylic acids is 1. The van der Waals surface area contributed by atoms with Gasteiger partial charge in [-0.15, -0.1) is 0 Å². The molecule has 0 aliphatic carbocycles. The smallest absolute Gasteiger partial charge is 0.415 e. The van der Waals surface area contributed by atoms with Gasteiger partial charge in [-0.25, -0.2) is 13.6 Å². The number of halogens is 2. The van der Waals surface area contributed by atoms with Gasteiger partial charge in [0, 0.05) is 37.9 Å². The molecule has 0 bridgehead atoms. The minimum atomic E-state index is -0.568. The molecule has 0 N–H and O–H groups in total. The summed E-state index contributed by atoms with van der Waals surface area (Å²) in [7, 11) is 0. The van der Waals surface area contributed by atoms with E-state index in [1.165, 1.54) is 24.3 Å². The van der Waals surface area contributed by atoms with Crippen LogP contribution < -0.4 is 0 Å². The van der Waals surface area contributed by atoms with Crippen LogP contribution in [0.5, 0.6) is 0 Å². The molecule has 2 aromatic carbocycles. The third-order valence-electron chi connectivity index (χ3n) is 7.50. The van der Waals surface area contributed by atoms with E-state index in [1.807, 2.05) is 31.2 Å². The monoisotopic (exact) mass is 468 g/mol. The summed E-state index contributed by atoms with van der Waals surface area (Å²) in [4.78, 5) is 16.6. The molecule has 6 heteroatoms. The van der Waals surface area contributed by atoms with Crippen molar-refractivity contribution in [3.8, 4) is 0 Å². The molecule has 4 nitrogen and oxygen atoms in total. The minimum absolute atomic E-state index is 0.0805. The van der Waals surface area contributed by atoms with Crippen LogP contribution in [0.25, 0.3) is 0 Å². The maximum atomic E-state index is 13.5. The lowest BCUT2D eigenvalue weighted by Crippen LogP contribution is -2.46. The van der Waals surface area contributed by atoms with Crippen molar-refractivity contribution >= 4 is 6.09 Å². The summed E-state index contributed by atoms with van der Waals surface area (Å²) in [5, 5.41) is 0. The van der Waals surface area contributed by atoms with Gasteiger partial charge >= 0.3 is 6.09 Å². The van der Waals surface area contributed by atoms with Crippen molar-refractivity contribution in [2.45, 2.75) is 63.5 Å². The van der Waals surface area contributed by atoms with E-state index in [0.717, 1.165) is 68.6 Å². The maximum absolute atomic E-state index is 13.5. The van der Waals surface area contributed by atoms with Gasteiger partial charge < -0.3 is 9.64 Å². The fourth-order valence-electron chi connectivity index (χ4n) is 5.20. The fourth-order valence-corrected chi connectivity index (χ4v) is 5.20. The quantitative estimate of drug-likeness (QED) is 0.445. The first kappa shape index (κ1) is 24.4. The van der Waals surface area contributed by atoms with Crippen LogP contribution in [0, 0.1) is 11.6 Å². The zero-order chi connectivity index (χ0) is 24.3. The Kier molecular flexibility index (Phi) is 7.36. The molecule has 1 unspecified atom stereocenters. The number of hydrogen-bond donors (Lipinski definition) is 0. The first-order chi connectivity index (χ1) is 16.3. The van der Waals surface area contributed by atoms with Crippen LogP contribution in [0.4, 0.5) is 13.6 Å². The zero-order valence-corrected chi connectivity index (χ0v) is 20.1. The zero-order valence-electron chi connectivity index (χ0n) is 20.1. The number of carbonyl (C=O) groups is 1. The van der Waals surface area contributed by atoms with Gasteiger partial charge in [-0.05, 0) is 68.1 Å². The van der Waals surface area contributed by atoms with Crippen LogP contribution in [-0.2, 0) is 4.74 Å². The Labute approximate surface area is 201 Å². The molecule has 2 aliphatic rings. The molecule has 182 valence electrons. The van der Waals surface area contributed by atoms with Crippen molar-refractivity contribution in [1.82, 2.24) is 9.80 Å². The average Bonchev–Trinajstić information content (AvgIpc) is 3.08. The number of ether oxygens (including phenoxy) is 1. The second-order valence-corrected chi connectivity index (χ2v) is 9.58. The molecule has 2 heterocycles. The summed E-state index contributed by atoms with van der Waals surface area (Å²) in [6, 6.07) is 13.3. The number of rotatable bonds is 8. The Morgan fingerprint density at radius 2 is 1.53 bits per heavy atom.